The van der Waals surface area contributed by atoms with Gasteiger partial charge in [0, 0.05) is 0 Å². The van der Waals surface area contributed by atoms with E-state index in [1.54, 1.807) is 0 Å². The van der Waals surface area contributed by atoms with Gasteiger partial charge >= 0.3 is 7.91 Å². The van der Waals surface area contributed by atoms with Crippen LogP contribution in [-0.4, -0.2) is 18.8 Å². The van der Waals surface area contributed by atoms with Crippen LogP contribution >= 0.6 is 64.7 Å². The van der Waals surface area contributed by atoms with E-state index in [4.69, 9.17) is 45.0 Å². The molecule has 0 aromatic heterocycles. The quantitative estimate of drug-likeness (QED) is 0.543. The summed E-state index contributed by atoms with van der Waals surface area (Å²) < 4.78 is 41.4. The van der Waals surface area contributed by atoms with Crippen LogP contribution in [0.15, 0.2) is 9.03 Å². The predicted molar refractivity (Wildman–Crippen MR) is 65.6 cm³/mol. The molecule has 0 rings (SSSR count). The van der Waals surface area contributed by atoms with E-state index in [1.165, 1.54) is 18.8 Å². The zero-order chi connectivity index (χ0) is 12.5. The first-order valence-corrected chi connectivity index (χ1v) is 11.5. The van der Waals surface area contributed by atoms with E-state index in [9.17, 15) is 13.0 Å². The zero-order valence-corrected chi connectivity index (χ0v) is 13.1. The van der Waals surface area contributed by atoms with Gasteiger partial charge in [-0.05, 0) is 59.1 Å². The van der Waals surface area contributed by atoms with E-state index in [0.717, 1.165) is 0 Å². The van der Waals surface area contributed by atoms with Crippen molar-refractivity contribution in [3.05, 3.63) is 0 Å². The second-order valence-electron chi connectivity index (χ2n) is 2.37. The summed E-state index contributed by atoms with van der Waals surface area (Å²) in [7, 11) is -2.77. The molecule has 0 unspecified atom stereocenters. The first kappa shape index (κ1) is 16.7. The highest BCUT2D eigenvalue weighted by molar-refractivity contribution is 8.18. The molecule has 13 heteroatoms. The molecular weight excluding hydrogens is 355 g/mol. The molecule has 0 spiro atoms. The molecule has 0 saturated carbocycles. The largest absolute Gasteiger partial charge is 0.531 e. The van der Waals surface area contributed by atoms with Gasteiger partial charge in [-0.1, -0.05) is 0 Å². The molecule has 0 heterocycles. The van der Waals surface area contributed by atoms with Gasteiger partial charge in [-0.2, -0.15) is 4.52 Å². The van der Waals surface area contributed by atoms with Crippen LogP contribution in [-0.2, 0) is 4.57 Å². The normalized spacial score (nSPS) is 14.2. The molecule has 92 valence electrons. The van der Waals surface area contributed by atoms with Crippen molar-refractivity contribution in [2.75, 3.05) is 14.1 Å². The molecule has 0 aliphatic rings. The summed E-state index contributed by atoms with van der Waals surface area (Å²) in [6, 6.07) is 0. The van der Waals surface area contributed by atoms with Crippen LogP contribution in [0.25, 0.3) is 0 Å². The van der Waals surface area contributed by atoms with Gasteiger partial charge in [0.05, 0.1) is 0 Å². The van der Waals surface area contributed by atoms with Crippen LogP contribution in [0.1, 0.15) is 0 Å². The minimum atomic E-state index is -5.70. The summed E-state index contributed by atoms with van der Waals surface area (Å²) >= 11 is 22.1. The van der Waals surface area contributed by atoms with Crippen molar-refractivity contribution >= 4 is 64.7 Å². The molecule has 0 fully saturated rings. The molecular formula is C2H6Cl4F2N3OP3. The van der Waals surface area contributed by atoms with Crippen molar-refractivity contribution in [1.82, 2.24) is 4.67 Å². The summed E-state index contributed by atoms with van der Waals surface area (Å²) in [6.07, 6.45) is 0. The lowest BCUT2D eigenvalue weighted by molar-refractivity contribution is 0.497. The van der Waals surface area contributed by atoms with Crippen LogP contribution < -0.4 is 0 Å². The zero-order valence-electron chi connectivity index (χ0n) is 7.36. The minimum absolute atomic E-state index is 1.27. The Balaban J connectivity index is 5.46. The fraction of sp³-hybridized carbons (Fsp3) is 1.00. The lowest BCUT2D eigenvalue weighted by Crippen LogP contribution is -1.99. The molecule has 0 aliphatic carbocycles. The van der Waals surface area contributed by atoms with Gasteiger partial charge in [-0.3, -0.25) is 4.67 Å². The maximum absolute atomic E-state index is 12.1. The highest BCUT2D eigenvalue weighted by atomic mass is 35.9. The van der Waals surface area contributed by atoms with Crippen molar-refractivity contribution in [2.24, 2.45) is 9.03 Å². The Hall–Kier alpha value is 1.67. The molecule has 0 amide bonds. The van der Waals surface area contributed by atoms with Gasteiger partial charge in [-0.15, -0.1) is 12.9 Å². The molecule has 0 aromatic rings. The Morgan fingerprint density at radius 2 is 1.47 bits per heavy atom. The van der Waals surface area contributed by atoms with E-state index < -0.39 is 19.7 Å². The summed E-state index contributed by atoms with van der Waals surface area (Å²) in [5, 5.41) is 0. The third-order valence-electron chi connectivity index (χ3n) is 0.908. The Bertz CT molecular complexity index is 381. The molecule has 0 radical (unpaired) electrons. The smallest absolute Gasteiger partial charge is 0.252 e. The SMILES string of the molecule is CN(C)P(Cl)(Cl)=NP(Cl)(Cl)=NP(=O)(F)F. The van der Waals surface area contributed by atoms with Gasteiger partial charge in [0.1, 0.15) is 0 Å². The third-order valence-corrected chi connectivity index (χ3v) is 10.8. The van der Waals surface area contributed by atoms with Gasteiger partial charge in [0.2, 0.25) is 5.91 Å². The molecule has 0 saturated heterocycles. The van der Waals surface area contributed by atoms with Crippen molar-refractivity contribution < 1.29 is 13.0 Å². The maximum atomic E-state index is 12.1. The van der Waals surface area contributed by atoms with E-state index in [-0.39, 0.29) is 0 Å². The van der Waals surface area contributed by atoms with Crippen LogP contribution in [0, 0.1) is 0 Å². The van der Waals surface area contributed by atoms with Gasteiger partial charge in [0.15, 0.2) is 0 Å². The van der Waals surface area contributed by atoms with Crippen LogP contribution in [0.3, 0.4) is 0 Å². The van der Waals surface area contributed by atoms with E-state index in [2.05, 4.69) is 9.03 Å². The Morgan fingerprint density at radius 1 is 1.07 bits per heavy atom. The van der Waals surface area contributed by atoms with Gasteiger partial charge in [0.25, 0.3) is 5.91 Å². The molecule has 4 nitrogen and oxygen atoms in total. The third kappa shape index (κ3) is 7.57. The Kier molecular flexibility index (Phi) is 6.16. The summed E-state index contributed by atoms with van der Waals surface area (Å²) in [5.74, 6) is -6.90. The van der Waals surface area contributed by atoms with Crippen LogP contribution in [0.4, 0.5) is 8.39 Å². The molecule has 0 N–H and O–H groups in total. The molecule has 15 heavy (non-hydrogen) atoms. The number of hydrogen-bond donors (Lipinski definition) is 0. The first-order chi connectivity index (χ1) is 6.36. The predicted octanol–water partition coefficient (Wildman–Crippen LogP) is 6.44. The highest BCUT2D eigenvalue weighted by Gasteiger charge is 2.28. The minimum Gasteiger partial charge on any atom is -0.252 e. The van der Waals surface area contributed by atoms with Crippen molar-refractivity contribution in [2.45, 2.75) is 0 Å². The second-order valence-corrected chi connectivity index (χ2v) is 14.0. The second kappa shape index (κ2) is 5.54. The van der Waals surface area contributed by atoms with E-state index in [1.807, 2.05) is 0 Å². The average Bonchev–Trinajstić information content (AvgIpc) is 1.75. The number of halogens is 6. The van der Waals surface area contributed by atoms with E-state index >= 15 is 0 Å². The molecule has 0 atom stereocenters. The van der Waals surface area contributed by atoms with Crippen LogP contribution in [0.2, 0.25) is 0 Å². The summed E-state index contributed by atoms with van der Waals surface area (Å²) in [6.45, 7) is 0. The Morgan fingerprint density at radius 3 is 1.73 bits per heavy atom. The topological polar surface area (TPSA) is 45.0 Å². The summed E-state index contributed by atoms with van der Waals surface area (Å²) in [5.41, 5.74) is 0. The van der Waals surface area contributed by atoms with Crippen molar-refractivity contribution in [1.29, 1.82) is 0 Å². The van der Waals surface area contributed by atoms with Crippen molar-refractivity contribution in [3.8, 4) is 0 Å². The number of hydrogen-bond acceptors (Lipinski definition) is 1. The number of nitrogens with zero attached hydrogens (tertiary/aromatic N) is 3. The first-order valence-electron chi connectivity index (χ1n) is 3.09. The standard InChI is InChI=1S/C2H6Cl4F2N3OP3/c1-11(2)14(5,6)9-13(3,4)10-15(7,8)12/h1-2H3. The fourth-order valence-electron chi connectivity index (χ4n) is 0.353. The Labute approximate surface area is 105 Å². The lowest BCUT2D eigenvalue weighted by Gasteiger charge is -2.17. The highest BCUT2D eigenvalue weighted by Crippen LogP contribution is 2.78. The summed E-state index contributed by atoms with van der Waals surface area (Å²) in [4.78, 5) is 0. The number of rotatable bonds is 3. The molecule has 0 bridgehead atoms. The maximum Gasteiger partial charge on any atom is 0.531 e. The van der Waals surface area contributed by atoms with Crippen molar-refractivity contribution in [3.63, 3.8) is 0 Å². The average molecular weight is 361 g/mol. The molecule has 0 aliphatic heterocycles. The monoisotopic (exact) mass is 359 g/mol. The van der Waals surface area contributed by atoms with Gasteiger partial charge < -0.3 is 0 Å². The van der Waals surface area contributed by atoms with Crippen LogP contribution in [0.5, 0.6) is 0 Å². The van der Waals surface area contributed by atoms with Gasteiger partial charge in [-0.25, -0.2) is 4.57 Å². The lowest BCUT2D eigenvalue weighted by atomic mass is 11.3. The van der Waals surface area contributed by atoms with E-state index in [0.29, 0.717) is 0 Å². The molecule has 0 aromatic carbocycles. The fourth-order valence-corrected chi connectivity index (χ4v) is 9.68.